The van der Waals surface area contributed by atoms with Crippen molar-refractivity contribution in [3.8, 4) is 0 Å². The molecule has 0 spiro atoms. The van der Waals surface area contributed by atoms with Crippen LogP contribution in [-0.2, 0) is 16.4 Å². The quantitative estimate of drug-likeness (QED) is 0.860. The Morgan fingerprint density at radius 2 is 2.18 bits per heavy atom. The van der Waals surface area contributed by atoms with Crippen molar-refractivity contribution in [2.24, 2.45) is 0 Å². The van der Waals surface area contributed by atoms with Crippen molar-refractivity contribution in [3.05, 3.63) is 47.8 Å². The van der Waals surface area contributed by atoms with Crippen LogP contribution in [0.25, 0.3) is 0 Å². The third-order valence-electron chi connectivity index (χ3n) is 3.76. The highest BCUT2D eigenvalue weighted by Gasteiger charge is 2.36. The highest BCUT2D eigenvalue weighted by Crippen LogP contribution is 2.23. The van der Waals surface area contributed by atoms with E-state index in [1.807, 2.05) is 13.0 Å². The van der Waals surface area contributed by atoms with Crippen molar-refractivity contribution in [3.63, 3.8) is 0 Å². The van der Waals surface area contributed by atoms with E-state index in [-0.39, 0.29) is 35.8 Å². The molecule has 1 saturated heterocycles. The molecule has 0 N–H and O–H groups in total. The molecule has 3 rings (SSSR count). The van der Waals surface area contributed by atoms with Crippen molar-refractivity contribution >= 4 is 15.7 Å². The predicted molar refractivity (Wildman–Crippen MR) is 79.1 cm³/mol. The van der Waals surface area contributed by atoms with Crippen LogP contribution in [0.5, 0.6) is 0 Å². The molecule has 7 heteroatoms. The Kier molecular flexibility index (Phi) is 3.82. The van der Waals surface area contributed by atoms with Crippen LogP contribution in [0.3, 0.4) is 0 Å². The average molecular weight is 323 g/mol. The van der Waals surface area contributed by atoms with Crippen LogP contribution < -0.4 is 0 Å². The molecular weight excluding hydrogens is 306 g/mol. The standard InChI is InChI=1S/C15H17NO5S/c1-11-4-5-13(21-11)9-16(12-6-8-22(18,19)10-12)15(17)14-3-2-7-20-14/h2-5,7,12H,6,8-10H2,1H3. The number of hydrogen-bond donors (Lipinski definition) is 0. The van der Waals surface area contributed by atoms with E-state index in [1.165, 1.54) is 11.2 Å². The molecule has 0 bridgehead atoms. The first-order valence-electron chi connectivity index (χ1n) is 7.05. The molecule has 3 heterocycles. The maximum absolute atomic E-state index is 12.6. The Balaban J connectivity index is 1.86. The number of sulfone groups is 1. The van der Waals surface area contributed by atoms with Crippen LogP contribution >= 0.6 is 0 Å². The number of rotatable bonds is 4. The third-order valence-corrected chi connectivity index (χ3v) is 5.51. The first kappa shape index (κ1) is 14.9. The monoisotopic (exact) mass is 323 g/mol. The molecule has 1 unspecified atom stereocenters. The molecule has 0 radical (unpaired) electrons. The summed E-state index contributed by atoms with van der Waals surface area (Å²) in [5, 5.41) is 0. The highest BCUT2D eigenvalue weighted by molar-refractivity contribution is 7.91. The predicted octanol–water partition coefficient (Wildman–Crippen LogP) is 2.01. The highest BCUT2D eigenvalue weighted by atomic mass is 32.2. The lowest BCUT2D eigenvalue weighted by molar-refractivity contribution is 0.0632. The van der Waals surface area contributed by atoms with Gasteiger partial charge in [-0.05, 0) is 37.6 Å². The lowest BCUT2D eigenvalue weighted by Crippen LogP contribution is -2.40. The number of carbonyl (C=O) groups is 1. The Hall–Kier alpha value is -2.02. The first-order valence-corrected chi connectivity index (χ1v) is 8.87. The van der Waals surface area contributed by atoms with Crippen molar-refractivity contribution in [1.82, 2.24) is 4.90 Å². The molecule has 1 aliphatic heterocycles. The fourth-order valence-corrected chi connectivity index (χ4v) is 4.40. The minimum Gasteiger partial charge on any atom is -0.464 e. The summed E-state index contributed by atoms with van der Waals surface area (Å²) in [4.78, 5) is 14.1. The van der Waals surface area contributed by atoms with E-state index in [0.29, 0.717) is 12.2 Å². The number of carbonyl (C=O) groups excluding carboxylic acids is 1. The van der Waals surface area contributed by atoms with Gasteiger partial charge in [0.05, 0.1) is 24.3 Å². The second-order valence-corrected chi connectivity index (χ2v) is 7.71. The van der Waals surface area contributed by atoms with Gasteiger partial charge in [-0.25, -0.2) is 8.42 Å². The Morgan fingerprint density at radius 3 is 2.73 bits per heavy atom. The Morgan fingerprint density at radius 1 is 1.36 bits per heavy atom. The zero-order valence-corrected chi connectivity index (χ0v) is 13.0. The summed E-state index contributed by atoms with van der Waals surface area (Å²) in [5.41, 5.74) is 0. The fourth-order valence-electron chi connectivity index (χ4n) is 2.67. The van der Waals surface area contributed by atoms with Gasteiger partial charge in [0.2, 0.25) is 0 Å². The van der Waals surface area contributed by atoms with Crippen LogP contribution in [0.2, 0.25) is 0 Å². The molecule has 0 saturated carbocycles. The summed E-state index contributed by atoms with van der Waals surface area (Å²) in [7, 11) is -3.09. The van der Waals surface area contributed by atoms with Crippen LogP contribution in [-0.4, -0.2) is 36.8 Å². The number of aryl methyl sites for hydroxylation is 1. The molecule has 1 fully saturated rings. The molecule has 1 amide bonds. The maximum Gasteiger partial charge on any atom is 0.290 e. The molecule has 1 atom stereocenters. The molecule has 118 valence electrons. The van der Waals surface area contributed by atoms with Gasteiger partial charge >= 0.3 is 0 Å². The van der Waals surface area contributed by atoms with Gasteiger partial charge in [0.15, 0.2) is 15.6 Å². The number of hydrogen-bond acceptors (Lipinski definition) is 5. The van der Waals surface area contributed by atoms with Crippen molar-refractivity contribution in [1.29, 1.82) is 0 Å². The maximum atomic E-state index is 12.6. The number of nitrogens with zero attached hydrogens (tertiary/aromatic N) is 1. The molecule has 22 heavy (non-hydrogen) atoms. The number of amides is 1. The third kappa shape index (κ3) is 3.09. The Bertz CT molecular complexity index is 760. The lowest BCUT2D eigenvalue weighted by atomic mass is 10.2. The van der Waals surface area contributed by atoms with Crippen LogP contribution in [0, 0.1) is 6.92 Å². The second kappa shape index (κ2) is 5.64. The van der Waals surface area contributed by atoms with Gasteiger partial charge in [0.1, 0.15) is 11.5 Å². The normalized spacial score (nSPS) is 20.1. The molecular formula is C15H17NO5S. The van der Waals surface area contributed by atoms with Gasteiger partial charge < -0.3 is 13.7 Å². The minimum absolute atomic E-state index is 0.0147. The lowest BCUT2D eigenvalue weighted by Gasteiger charge is -2.26. The van der Waals surface area contributed by atoms with Gasteiger partial charge in [0, 0.05) is 6.04 Å². The van der Waals surface area contributed by atoms with Crippen LogP contribution in [0.4, 0.5) is 0 Å². The van der Waals surface area contributed by atoms with E-state index in [9.17, 15) is 13.2 Å². The largest absolute Gasteiger partial charge is 0.464 e. The summed E-state index contributed by atoms with van der Waals surface area (Å²) in [6.07, 6.45) is 1.86. The summed E-state index contributed by atoms with van der Waals surface area (Å²) in [5.74, 6) is 1.35. The van der Waals surface area contributed by atoms with Crippen LogP contribution in [0.15, 0.2) is 39.4 Å². The van der Waals surface area contributed by atoms with Gasteiger partial charge in [-0.15, -0.1) is 0 Å². The summed E-state index contributed by atoms with van der Waals surface area (Å²) in [6, 6.07) is 6.46. The van der Waals surface area contributed by atoms with E-state index < -0.39 is 9.84 Å². The van der Waals surface area contributed by atoms with E-state index in [0.717, 1.165) is 5.76 Å². The van der Waals surface area contributed by atoms with Crippen LogP contribution in [0.1, 0.15) is 28.5 Å². The molecule has 0 aromatic carbocycles. The average Bonchev–Trinajstić information content (AvgIpc) is 3.17. The molecule has 6 nitrogen and oxygen atoms in total. The topological polar surface area (TPSA) is 80.7 Å². The van der Waals surface area contributed by atoms with Gasteiger partial charge in [-0.2, -0.15) is 0 Å². The SMILES string of the molecule is Cc1ccc(CN(C(=O)c2ccco2)C2CCS(=O)(=O)C2)o1. The van der Waals surface area contributed by atoms with Crippen molar-refractivity contribution < 1.29 is 22.0 Å². The molecule has 1 aliphatic rings. The summed E-state index contributed by atoms with van der Waals surface area (Å²) < 4.78 is 34.1. The smallest absolute Gasteiger partial charge is 0.290 e. The molecule has 2 aromatic rings. The van der Waals surface area contributed by atoms with E-state index in [4.69, 9.17) is 8.83 Å². The number of furan rings is 2. The fraction of sp³-hybridized carbons (Fsp3) is 0.400. The van der Waals surface area contributed by atoms with Gasteiger partial charge in [0.25, 0.3) is 5.91 Å². The van der Waals surface area contributed by atoms with Gasteiger partial charge in [-0.1, -0.05) is 0 Å². The first-order chi connectivity index (χ1) is 10.4. The van der Waals surface area contributed by atoms with Crippen molar-refractivity contribution in [2.75, 3.05) is 11.5 Å². The molecule has 0 aliphatic carbocycles. The zero-order valence-electron chi connectivity index (χ0n) is 12.2. The summed E-state index contributed by atoms with van der Waals surface area (Å²) >= 11 is 0. The van der Waals surface area contributed by atoms with Crippen molar-refractivity contribution in [2.45, 2.75) is 25.9 Å². The van der Waals surface area contributed by atoms with E-state index >= 15 is 0 Å². The molecule has 2 aromatic heterocycles. The van der Waals surface area contributed by atoms with E-state index in [1.54, 1.807) is 18.2 Å². The second-order valence-electron chi connectivity index (χ2n) is 5.48. The van der Waals surface area contributed by atoms with E-state index in [2.05, 4.69) is 0 Å². The summed E-state index contributed by atoms with van der Waals surface area (Å²) in [6.45, 7) is 2.05. The Labute approximate surface area is 128 Å². The zero-order chi connectivity index (χ0) is 15.7. The van der Waals surface area contributed by atoms with Gasteiger partial charge in [-0.3, -0.25) is 4.79 Å². The minimum atomic E-state index is -3.09.